The molecule has 0 bridgehead atoms. The van der Waals surface area contributed by atoms with Gasteiger partial charge in [-0.15, -0.1) is 0 Å². The van der Waals surface area contributed by atoms with Crippen molar-refractivity contribution >= 4 is 21.6 Å². The van der Waals surface area contributed by atoms with E-state index in [1.165, 1.54) is 11.3 Å². The van der Waals surface area contributed by atoms with Crippen LogP contribution >= 0.6 is 15.9 Å². The molecule has 1 heterocycles. The quantitative estimate of drug-likeness (QED) is 0.774. The Morgan fingerprint density at radius 2 is 2.17 bits per heavy atom. The first-order chi connectivity index (χ1) is 8.46. The van der Waals surface area contributed by atoms with E-state index in [0.29, 0.717) is 0 Å². The second kappa shape index (κ2) is 4.93. The summed E-state index contributed by atoms with van der Waals surface area (Å²) in [6.07, 6.45) is 2.10. The van der Waals surface area contributed by atoms with Crippen LogP contribution in [-0.4, -0.2) is 12.1 Å². The van der Waals surface area contributed by atoms with Gasteiger partial charge in [-0.1, -0.05) is 15.9 Å². The normalized spacial score (nSPS) is 22.6. The molecule has 1 aliphatic rings. The summed E-state index contributed by atoms with van der Waals surface area (Å²) in [5.41, 5.74) is 2.37. The molecule has 2 nitrogen and oxygen atoms in total. The van der Waals surface area contributed by atoms with Crippen LogP contribution in [0.2, 0.25) is 0 Å². The van der Waals surface area contributed by atoms with Crippen molar-refractivity contribution in [2.45, 2.75) is 39.2 Å². The van der Waals surface area contributed by atoms with Gasteiger partial charge in [0.05, 0.1) is 17.5 Å². The Kier molecular flexibility index (Phi) is 3.68. The van der Waals surface area contributed by atoms with E-state index in [9.17, 15) is 5.26 Å². The van der Waals surface area contributed by atoms with Crippen LogP contribution in [0.4, 0.5) is 5.69 Å². The van der Waals surface area contributed by atoms with Crippen molar-refractivity contribution in [3.05, 3.63) is 28.2 Å². The van der Waals surface area contributed by atoms with Crippen LogP contribution in [0.1, 0.15) is 32.3 Å². The molecule has 96 valence electrons. The van der Waals surface area contributed by atoms with Crippen LogP contribution < -0.4 is 4.90 Å². The van der Waals surface area contributed by atoms with E-state index in [0.717, 1.165) is 23.9 Å². The molecule has 0 N–H and O–H groups in total. The maximum Gasteiger partial charge on any atom is 0.0690 e. The van der Waals surface area contributed by atoms with E-state index >= 15 is 0 Å². The Bertz CT molecular complexity index is 488. The molecule has 0 radical (unpaired) electrons. The SMILES string of the molecule is Cc1cc(N2CCCC(C#N)C2(C)C)ccc1Br. The number of hydrogen-bond acceptors (Lipinski definition) is 2. The molecular weight excluding hydrogens is 288 g/mol. The Balaban J connectivity index is 2.37. The predicted molar refractivity (Wildman–Crippen MR) is 78.6 cm³/mol. The molecule has 1 aliphatic heterocycles. The number of nitriles is 1. The topological polar surface area (TPSA) is 27.0 Å². The third-order valence-electron chi connectivity index (χ3n) is 4.03. The summed E-state index contributed by atoms with van der Waals surface area (Å²) < 4.78 is 1.14. The summed E-state index contributed by atoms with van der Waals surface area (Å²) in [6, 6.07) is 8.90. The summed E-state index contributed by atoms with van der Waals surface area (Å²) in [7, 11) is 0. The number of hydrogen-bond donors (Lipinski definition) is 0. The second-order valence-corrected chi connectivity index (χ2v) is 6.42. The Morgan fingerprint density at radius 1 is 1.44 bits per heavy atom. The lowest BCUT2D eigenvalue weighted by atomic mass is 9.79. The van der Waals surface area contributed by atoms with Gasteiger partial charge in [0.2, 0.25) is 0 Å². The van der Waals surface area contributed by atoms with Gasteiger partial charge >= 0.3 is 0 Å². The number of rotatable bonds is 1. The Hall–Kier alpha value is -1.01. The lowest BCUT2D eigenvalue weighted by molar-refractivity contribution is 0.292. The van der Waals surface area contributed by atoms with Crippen LogP contribution in [-0.2, 0) is 0 Å². The standard InChI is InChI=1S/C15H19BrN2/c1-11-9-13(6-7-14(11)16)18-8-4-5-12(10-17)15(18,2)3/h6-7,9,12H,4-5,8H2,1-3H3. The minimum absolute atomic E-state index is 0.0900. The number of piperidine rings is 1. The summed E-state index contributed by atoms with van der Waals surface area (Å²) in [4.78, 5) is 2.38. The molecule has 0 spiro atoms. The molecule has 0 aliphatic carbocycles. The first-order valence-electron chi connectivity index (χ1n) is 6.40. The third-order valence-corrected chi connectivity index (χ3v) is 4.92. The van der Waals surface area contributed by atoms with Gasteiger partial charge < -0.3 is 4.90 Å². The van der Waals surface area contributed by atoms with Crippen LogP contribution in [0.15, 0.2) is 22.7 Å². The fourth-order valence-electron chi connectivity index (χ4n) is 2.76. The number of aryl methyl sites for hydroxylation is 1. The summed E-state index contributed by atoms with van der Waals surface area (Å²) in [5, 5.41) is 9.31. The number of halogens is 1. The molecule has 1 aromatic carbocycles. The largest absolute Gasteiger partial charge is 0.365 e. The number of benzene rings is 1. The molecule has 0 amide bonds. The first kappa shape index (κ1) is 13.4. The first-order valence-corrected chi connectivity index (χ1v) is 7.19. The summed E-state index contributed by atoms with van der Waals surface area (Å²) >= 11 is 3.54. The molecule has 3 heteroatoms. The highest BCUT2D eigenvalue weighted by atomic mass is 79.9. The summed E-state index contributed by atoms with van der Waals surface area (Å²) in [5.74, 6) is 0.107. The number of nitrogens with zero attached hydrogens (tertiary/aromatic N) is 2. The Labute approximate surface area is 118 Å². The van der Waals surface area contributed by atoms with E-state index in [4.69, 9.17) is 0 Å². The second-order valence-electron chi connectivity index (χ2n) is 5.56. The predicted octanol–water partition coefficient (Wildman–Crippen LogP) is 4.28. The molecular formula is C15H19BrN2. The zero-order valence-electron chi connectivity index (χ0n) is 11.2. The van der Waals surface area contributed by atoms with Crippen molar-refractivity contribution in [1.82, 2.24) is 0 Å². The van der Waals surface area contributed by atoms with Crippen LogP contribution in [0.5, 0.6) is 0 Å². The van der Waals surface area contributed by atoms with E-state index in [1.54, 1.807) is 0 Å². The molecule has 1 saturated heterocycles. The average molecular weight is 307 g/mol. The highest BCUT2D eigenvalue weighted by molar-refractivity contribution is 9.10. The van der Waals surface area contributed by atoms with Crippen molar-refractivity contribution in [1.29, 1.82) is 5.26 Å². The van der Waals surface area contributed by atoms with Gasteiger partial charge in [0.1, 0.15) is 0 Å². The highest BCUT2D eigenvalue weighted by Gasteiger charge is 2.38. The minimum Gasteiger partial charge on any atom is -0.365 e. The van der Waals surface area contributed by atoms with Gasteiger partial charge in [-0.25, -0.2) is 0 Å². The van der Waals surface area contributed by atoms with Gasteiger partial charge in [-0.05, 0) is 57.4 Å². The van der Waals surface area contributed by atoms with Crippen molar-refractivity contribution in [2.75, 3.05) is 11.4 Å². The molecule has 0 aromatic heterocycles. The van der Waals surface area contributed by atoms with E-state index in [2.05, 4.69) is 65.9 Å². The smallest absolute Gasteiger partial charge is 0.0690 e. The van der Waals surface area contributed by atoms with Crippen LogP contribution in [0.3, 0.4) is 0 Å². The van der Waals surface area contributed by atoms with E-state index in [-0.39, 0.29) is 11.5 Å². The lowest BCUT2D eigenvalue weighted by Gasteiger charge is -2.47. The molecule has 2 rings (SSSR count). The van der Waals surface area contributed by atoms with Crippen molar-refractivity contribution in [3.8, 4) is 6.07 Å². The zero-order chi connectivity index (χ0) is 13.3. The molecule has 1 atom stereocenters. The van der Waals surface area contributed by atoms with Gasteiger partial charge in [-0.3, -0.25) is 0 Å². The molecule has 1 unspecified atom stereocenters. The molecule has 0 saturated carbocycles. The lowest BCUT2D eigenvalue weighted by Crippen LogP contribution is -2.53. The fourth-order valence-corrected chi connectivity index (χ4v) is 3.01. The molecule has 1 fully saturated rings. The molecule has 1 aromatic rings. The maximum atomic E-state index is 9.31. The fraction of sp³-hybridized carbons (Fsp3) is 0.533. The van der Waals surface area contributed by atoms with Crippen molar-refractivity contribution in [3.63, 3.8) is 0 Å². The maximum absolute atomic E-state index is 9.31. The Morgan fingerprint density at radius 3 is 2.78 bits per heavy atom. The van der Waals surface area contributed by atoms with Gasteiger partial charge in [0.15, 0.2) is 0 Å². The van der Waals surface area contributed by atoms with E-state index < -0.39 is 0 Å². The van der Waals surface area contributed by atoms with Gasteiger partial charge in [0.25, 0.3) is 0 Å². The number of anilines is 1. The zero-order valence-corrected chi connectivity index (χ0v) is 12.8. The van der Waals surface area contributed by atoms with Crippen molar-refractivity contribution < 1.29 is 0 Å². The monoisotopic (exact) mass is 306 g/mol. The minimum atomic E-state index is -0.0900. The highest BCUT2D eigenvalue weighted by Crippen LogP contribution is 2.37. The van der Waals surface area contributed by atoms with Crippen LogP contribution in [0, 0.1) is 24.2 Å². The van der Waals surface area contributed by atoms with Gasteiger partial charge in [-0.2, -0.15) is 5.26 Å². The summed E-state index contributed by atoms with van der Waals surface area (Å²) in [6.45, 7) is 7.49. The van der Waals surface area contributed by atoms with Gasteiger partial charge in [0, 0.05) is 16.7 Å². The van der Waals surface area contributed by atoms with Crippen molar-refractivity contribution in [2.24, 2.45) is 5.92 Å². The van der Waals surface area contributed by atoms with Crippen LogP contribution in [0.25, 0.3) is 0 Å². The third kappa shape index (κ3) is 2.27. The molecule has 18 heavy (non-hydrogen) atoms. The average Bonchev–Trinajstić information content (AvgIpc) is 2.32. The van der Waals surface area contributed by atoms with E-state index in [1.807, 2.05) is 0 Å².